The summed E-state index contributed by atoms with van der Waals surface area (Å²) in [4.78, 5) is 42.8. The average Bonchev–Trinajstić information content (AvgIpc) is 2.96. The number of benzene rings is 2. The van der Waals surface area contributed by atoms with Crippen LogP contribution < -0.4 is 9.64 Å². The number of esters is 1. The third-order valence-corrected chi connectivity index (χ3v) is 7.80. The van der Waals surface area contributed by atoms with E-state index in [0.717, 1.165) is 17.6 Å². The molecule has 2 fully saturated rings. The molecule has 9 nitrogen and oxygen atoms in total. The monoisotopic (exact) mass is 587 g/mol. The molecule has 11 heteroatoms. The molecule has 0 spiro atoms. The highest BCUT2D eigenvalue weighted by molar-refractivity contribution is 7.99. The van der Waals surface area contributed by atoms with Crippen molar-refractivity contribution in [2.24, 2.45) is 0 Å². The van der Waals surface area contributed by atoms with Crippen molar-refractivity contribution in [2.45, 2.75) is 51.9 Å². The Morgan fingerprint density at radius 3 is 2.22 bits per heavy atom. The summed E-state index contributed by atoms with van der Waals surface area (Å²) in [7, 11) is 1.24. The highest BCUT2D eigenvalue weighted by Gasteiger charge is 2.28. The van der Waals surface area contributed by atoms with Crippen LogP contribution in [0.2, 0.25) is 0 Å². The van der Waals surface area contributed by atoms with Gasteiger partial charge in [-0.3, -0.25) is 4.90 Å². The molecular weight excluding hydrogens is 549 g/mol. The number of hydrogen-bond donors (Lipinski definition) is 0. The lowest BCUT2D eigenvalue weighted by Crippen LogP contribution is -2.46. The molecule has 222 valence electrons. The molecule has 0 bridgehead atoms. The second-order valence-corrected chi connectivity index (χ2v) is 12.3. The predicted molar refractivity (Wildman–Crippen MR) is 156 cm³/mol. The lowest BCUT2D eigenvalue weighted by atomic mass is 10.1. The van der Waals surface area contributed by atoms with Crippen LogP contribution in [-0.4, -0.2) is 84.4 Å². The standard InChI is InChI=1S/C30H38FN3O6S/c1-30(2,3)40-29(37)33-13-11-25(12-14-33)39-24-9-7-23(8-10-24)34(28(36)32-15-17-41-18-16-32)20-22-6-5-21(19-26(22)31)27(35)38-4/h5-10,19,25H,11-18,20H2,1-4H3. The number of halogens is 1. The van der Waals surface area contributed by atoms with Gasteiger partial charge in [0.15, 0.2) is 0 Å². The maximum atomic E-state index is 15.0. The van der Waals surface area contributed by atoms with Crippen LogP contribution in [0.15, 0.2) is 42.5 Å². The van der Waals surface area contributed by atoms with Gasteiger partial charge in [0, 0.05) is 61.8 Å². The summed E-state index contributed by atoms with van der Waals surface area (Å²) in [5.41, 5.74) is 0.469. The molecule has 2 saturated heterocycles. The van der Waals surface area contributed by atoms with E-state index in [9.17, 15) is 18.8 Å². The Bertz CT molecular complexity index is 1220. The van der Waals surface area contributed by atoms with Crippen molar-refractivity contribution in [1.29, 1.82) is 0 Å². The van der Waals surface area contributed by atoms with Crippen LogP contribution in [0.1, 0.15) is 49.5 Å². The first-order chi connectivity index (χ1) is 19.5. The van der Waals surface area contributed by atoms with E-state index in [-0.39, 0.29) is 35.9 Å². The van der Waals surface area contributed by atoms with Crippen molar-refractivity contribution < 1.29 is 33.0 Å². The molecule has 2 aromatic carbocycles. The van der Waals surface area contributed by atoms with Gasteiger partial charge in [-0.1, -0.05) is 6.07 Å². The summed E-state index contributed by atoms with van der Waals surface area (Å²) in [5.74, 6) is 1.14. The quantitative estimate of drug-likeness (QED) is 0.409. The summed E-state index contributed by atoms with van der Waals surface area (Å²) >= 11 is 1.80. The second kappa shape index (κ2) is 13.5. The van der Waals surface area contributed by atoms with Crippen molar-refractivity contribution in [2.75, 3.05) is 49.7 Å². The van der Waals surface area contributed by atoms with Crippen LogP contribution >= 0.6 is 11.8 Å². The smallest absolute Gasteiger partial charge is 0.410 e. The number of carbonyl (C=O) groups is 3. The lowest BCUT2D eigenvalue weighted by Gasteiger charge is -2.34. The number of thioether (sulfide) groups is 1. The third kappa shape index (κ3) is 8.28. The van der Waals surface area contributed by atoms with Gasteiger partial charge in [-0.05, 0) is 57.2 Å². The first-order valence-electron chi connectivity index (χ1n) is 13.8. The van der Waals surface area contributed by atoms with Crippen molar-refractivity contribution in [3.8, 4) is 5.75 Å². The van der Waals surface area contributed by atoms with E-state index in [4.69, 9.17) is 9.47 Å². The molecule has 2 heterocycles. The van der Waals surface area contributed by atoms with E-state index in [2.05, 4.69) is 4.74 Å². The molecule has 0 radical (unpaired) electrons. The summed E-state index contributed by atoms with van der Waals surface area (Å²) < 4.78 is 31.3. The molecule has 0 atom stereocenters. The van der Waals surface area contributed by atoms with Crippen LogP contribution in [0, 0.1) is 5.82 Å². The molecule has 2 aromatic rings. The fourth-order valence-electron chi connectivity index (χ4n) is 4.67. The number of piperidine rings is 1. The average molecular weight is 588 g/mol. The number of likely N-dealkylation sites (tertiary alicyclic amines) is 1. The zero-order chi connectivity index (χ0) is 29.6. The number of anilines is 1. The Morgan fingerprint density at radius 2 is 1.63 bits per heavy atom. The van der Waals surface area contributed by atoms with Gasteiger partial charge < -0.3 is 24.0 Å². The highest BCUT2D eigenvalue weighted by Crippen LogP contribution is 2.27. The minimum atomic E-state index is -0.625. The normalized spacial score (nSPS) is 16.2. The number of nitrogens with zero attached hydrogens (tertiary/aromatic N) is 3. The van der Waals surface area contributed by atoms with E-state index in [0.29, 0.717) is 50.5 Å². The first kappa shape index (κ1) is 30.5. The second-order valence-electron chi connectivity index (χ2n) is 11.0. The van der Waals surface area contributed by atoms with Gasteiger partial charge in [0.25, 0.3) is 0 Å². The fourth-order valence-corrected chi connectivity index (χ4v) is 5.57. The topological polar surface area (TPSA) is 88.6 Å². The van der Waals surface area contributed by atoms with E-state index >= 15 is 0 Å². The Kier molecular flexibility index (Phi) is 10.0. The van der Waals surface area contributed by atoms with Gasteiger partial charge in [0.05, 0.1) is 19.2 Å². The summed E-state index contributed by atoms with van der Waals surface area (Å²) in [6.07, 6.45) is 0.998. The number of hydrogen-bond acceptors (Lipinski definition) is 7. The van der Waals surface area contributed by atoms with Crippen LogP contribution in [0.25, 0.3) is 0 Å². The Morgan fingerprint density at radius 1 is 0.976 bits per heavy atom. The molecule has 0 aliphatic carbocycles. The third-order valence-electron chi connectivity index (χ3n) is 6.86. The highest BCUT2D eigenvalue weighted by atomic mass is 32.2. The summed E-state index contributed by atoms with van der Waals surface area (Å²) in [6.45, 7) is 7.88. The Labute approximate surface area is 244 Å². The molecule has 0 aromatic heterocycles. The van der Waals surface area contributed by atoms with Crippen LogP contribution in [0.3, 0.4) is 0 Å². The molecule has 4 rings (SSSR count). The molecular formula is C30H38FN3O6S. The van der Waals surface area contributed by atoms with Gasteiger partial charge in [-0.2, -0.15) is 11.8 Å². The molecule has 41 heavy (non-hydrogen) atoms. The number of ether oxygens (including phenoxy) is 3. The Hall–Kier alpha value is -3.47. The number of urea groups is 1. The van der Waals surface area contributed by atoms with E-state index in [1.54, 1.807) is 50.7 Å². The van der Waals surface area contributed by atoms with Gasteiger partial charge in [0.2, 0.25) is 0 Å². The van der Waals surface area contributed by atoms with Crippen molar-refractivity contribution in [1.82, 2.24) is 9.80 Å². The molecule has 3 amide bonds. The van der Waals surface area contributed by atoms with E-state index in [1.807, 2.05) is 20.8 Å². The largest absolute Gasteiger partial charge is 0.490 e. The van der Waals surface area contributed by atoms with Crippen LogP contribution in [0.5, 0.6) is 5.75 Å². The molecule has 0 saturated carbocycles. The number of amides is 3. The minimum Gasteiger partial charge on any atom is -0.490 e. The van der Waals surface area contributed by atoms with E-state index in [1.165, 1.54) is 19.2 Å². The van der Waals surface area contributed by atoms with Gasteiger partial charge in [-0.25, -0.2) is 18.8 Å². The fraction of sp³-hybridized carbons (Fsp3) is 0.500. The van der Waals surface area contributed by atoms with Crippen molar-refractivity contribution in [3.05, 3.63) is 59.4 Å². The van der Waals surface area contributed by atoms with Crippen LogP contribution in [-0.2, 0) is 16.0 Å². The maximum Gasteiger partial charge on any atom is 0.410 e. The van der Waals surface area contributed by atoms with Gasteiger partial charge in [-0.15, -0.1) is 0 Å². The van der Waals surface area contributed by atoms with Gasteiger partial charge >= 0.3 is 18.1 Å². The SMILES string of the molecule is COC(=O)c1ccc(CN(C(=O)N2CCSCC2)c2ccc(OC3CCN(C(=O)OC(C)(C)C)CC3)cc2)c(F)c1. The summed E-state index contributed by atoms with van der Waals surface area (Å²) in [6, 6.07) is 11.1. The van der Waals surface area contributed by atoms with Crippen molar-refractivity contribution >= 4 is 35.5 Å². The number of carbonyl (C=O) groups excluding carboxylic acids is 3. The molecule has 2 aliphatic rings. The minimum absolute atomic E-state index is 0.000902. The van der Waals surface area contributed by atoms with E-state index < -0.39 is 17.4 Å². The lowest BCUT2D eigenvalue weighted by molar-refractivity contribution is 0.0126. The number of methoxy groups -OCH3 is 1. The van der Waals surface area contributed by atoms with Crippen molar-refractivity contribution in [3.63, 3.8) is 0 Å². The van der Waals surface area contributed by atoms with Crippen LogP contribution in [0.4, 0.5) is 19.7 Å². The number of rotatable bonds is 6. The molecule has 0 unspecified atom stereocenters. The van der Waals surface area contributed by atoms with Gasteiger partial charge in [0.1, 0.15) is 23.3 Å². The zero-order valence-electron chi connectivity index (χ0n) is 24.1. The zero-order valence-corrected chi connectivity index (χ0v) is 24.9. The maximum absolute atomic E-state index is 15.0. The molecule has 0 N–H and O–H groups in total. The predicted octanol–water partition coefficient (Wildman–Crippen LogP) is 5.57. The Balaban J connectivity index is 1.44. The summed E-state index contributed by atoms with van der Waals surface area (Å²) in [5, 5.41) is 0. The first-order valence-corrected chi connectivity index (χ1v) is 14.9. The molecule has 2 aliphatic heterocycles.